The minimum Gasteiger partial charge on any atom is -0.394 e. The number of anilines is 2. The zero-order chi connectivity index (χ0) is 24.5. The number of hydrogen-bond acceptors (Lipinski definition) is 8. The Kier molecular flexibility index (Phi) is 6.50. The third-order valence-electron chi connectivity index (χ3n) is 6.20. The van der Waals surface area contributed by atoms with E-state index < -0.39 is 31.1 Å². The van der Waals surface area contributed by atoms with E-state index in [0.717, 1.165) is 28.7 Å². The molecule has 1 saturated heterocycles. The van der Waals surface area contributed by atoms with Gasteiger partial charge in [-0.3, -0.25) is 0 Å². The van der Waals surface area contributed by atoms with Crippen molar-refractivity contribution in [1.82, 2.24) is 19.4 Å². The topological polar surface area (TPSA) is 116 Å². The number of hydrogen-bond donors (Lipinski definition) is 4. The summed E-state index contributed by atoms with van der Waals surface area (Å²) in [5.74, 6) is 0.611. The van der Waals surface area contributed by atoms with E-state index in [1.807, 2.05) is 62.8 Å². The third kappa shape index (κ3) is 4.52. The molecule has 3 heterocycles. The molecule has 4 atom stereocenters. The molecule has 4 N–H and O–H groups in total. The van der Waals surface area contributed by atoms with E-state index in [1.165, 1.54) is 11.9 Å². The summed E-state index contributed by atoms with van der Waals surface area (Å²) in [4.78, 5) is 11.1. The van der Waals surface area contributed by atoms with E-state index in [1.54, 1.807) is 4.57 Å². The molecule has 0 amide bonds. The average molecular weight is 476 g/mol. The Morgan fingerprint density at radius 3 is 2.40 bits per heavy atom. The standard InChI is InChI=1S/C26H29N5O4/c1-30(2)12-16-8-10-18(11-9-16)29-24-21-19(17-6-4-3-5-7-17)13-31(25(21)28-15-27-24)26-23(34)22(33)20(14-32)35-26/h3-11,13,15,20,22-23,26,32-34H,12,14H2,1-2H3,(H,27,28,29)/t20-,22+,23+,26-/m1/s1. The molecule has 0 radical (unpaired) electrons. The van der Waals surface area contributed by atoms with Crippen LogP contribution in [0.3, 0.4) is 0 Å². The maximum atomic E-state index is 10.7. The molecule has 5 rings (SSSR count). The summed E-state index contributed by atoms with van der Waals surface area (Å²) in [6.45, 7) is 0.453. The smallest absolute Gasteiger partial charge is 0.164 e. The highest BCUT2D eigenvalue weighted by atomic mass is 16.6. The van der Waals surface area contributed by atoms with Crippen LogP contribution in [0.25, 0.3) is 22.2 Å². The maximum Gasteiger partial charge on any atom is 0.164 e. The van der Waals surface area contributed by atoms with Crippen molar-refractivity contribution in [1.29, 1.82) is 0 Å². The van der Waals surface area contributed by atoms with Crippen LogP contribution in [0.2, 0.25) is 0 Å². The lowest BCUT2D eigenvalue weighted by molar-refractivity contribution is -0.0508. The van der Waals surface area contributed by atoms with Crippen molar-refractivity contribution in [3.05, 3.63) is 72.7 Å². The van der Waals surface area contributed by atoms with Crippen LogP contribution in [0.4, 0.5) is 11.5 Å². The van der Waals surface area contributed by atoms with Crippen LogP contribution >= 0.6 is 0 Å². The SMILES string of the molecule is CN(C)Cc1ccc(Nc2ncnc3c2c(-c2ccccc2)cn3[C@@H]2O[C@H](CO)[C@H](O)[C@@H]2O)cc1. The zero-order valence-corrected chi connectivity index (χ0v) is 19.6. The Labute approximate surface area is 203 Å². The summed E-state index contributed by atoms with van der Waals surface area (Å²) in [5, 5.41) is 34.7. The van der Waals surface area contributed by atoms with E-state index in [9.17, 15) is 15.3 Å². The second kappa shape index (κ2) is 9.73. The van der Waals surface area contributed by atoms with Gasteiger partial charge in [0.1, 0.15) is 36.1 Å². The second-order valence-electron chi connectivity index (χ2n) is 9.03. The number of aliphatic hydroxyl groups is 3. The molecule has 2 aromatic carbocycles. The molecule has 182 valence electrons. The molecule has 0 spiro atoms. The van der Waals surface area contributed by atoms with Gasteiger partial charge in [-0.25, -0.2) is 9.97 Å². The van der Waals surface area contributed by atoms with Crippen LogP contribution in [0.1, 0.15) is 11.8 Å². The largest absolute Gasteiger partial charge is 0.394 e. The molecule has 1 fully saturated rings. The number of rotatable bonds is 7. The van der Waals surface area contributed by atoms with Crippen molar-refractivity contribution in [2.24, 2.45) is 0 Å². The van der Waals surface area contributed by atoms with E-state index in [-0.39, 0.29) is 0 Å². The van der Waals surface area contributed by atoms with Gasteiger partial charge >= 0.3 is 0 Å². The Morgan fingerprint density at radius 1 is 1.00 bits per heavy atom. The third-order valence-corrected chi connectivity index (χ3v) is 6.20. The van der Waals surface area contributed by atoms with Crippen molar-refractivity contribution in [3.63, 3.8) is 0 Å². The number of nitrogens with zero attached hydrogens (tertiary/aromatic N) is 4. The van der Waals surface area contributed by atoms with Crippen LogP contribution in [-0.2, 0) is 11.3 Å². The summed E-state index contributed by atoms with van der Waals surface area (Å²) in [6, 6.07) is 18.0. The highest BCUT2D eigenvalue weighted by Crippen LogP contribution is 2.39. The Hall–Kier alpha value is -3.34. The fourth-order valence-electron chi connectivity index (χ4n) is 4.52. The molecule has 0 unspecified atom stereocenters. The van der Waals surface area contributed by atoms with Crippen molar-refractivity contribution >= 4 is 22.5 Å². The first-order valence-corrected chi connectivity index (χ1v) is 11.5. The fourth-order valence-corrected chi connectivity index (χ4v) is 4.52. The fraction of sp³-hybridized carbons (Fsp3) is 0.308. The van der Waals surface area contributed by atoms with Gasteiger partial charge in [-0.1, -0.05) is 42.5 Å². The van der Waals surface area contributed by atoms with Gasteiger partial charge in [0.05, 0.1) is 12.0 Å². The first-order valence-electron chi connectivity index (χ1n) is 11.5. The molecule has 4 aromatic rings. The van der Waals surface area contributed by atoms with Crippen molar-refractivity contribution < 1.29 is 20.1 Å². The monoisotopic (exact) mass is 475 g/mol. The van der Waals surface area contributed by atoms with E-state index in [2.05, 4.69) is 32.3 Å². The molecule has 0 aliphatic carbocycles. The Morgan fingerprint density at radius 2 is 1.74 bits per heavy atom. The van der Waals surface area contributed by atoms with E-state index in [0.29, 0.717) is 11.5 Å². The molecular formula is C26H29N5O4. The van der Waals surface area contributed by atoms with Crippen molar-refractivity contribution in [2.75, 3.05) is 26.0 Å². The van der Waals surface area contributed by atoms with Crippen molar-refractivity contribution in [2.45, 2.75) is 31.1 Å². The lowest BCUT2D eigenvalue weighted by atomic mass is 10.1. The number of nitrogens with one attached hydrogen (secondary N) is 1. The van der Waals surface area contributed by atoms with Gasteiger partial charge in [0.25, 0.3) is 0 Å². The van der Waals surface area contributed by atoms with Crippen LogP contribution in [0, 0.1) is 0 Å². The summed E-state index contributed by atoms with van der Waals surface area (Å²) in [7, 11) is 4.07. The van der Waals surface area contributed by atoms with Crippen molar-refractivity contribution in [3.8, 4) is 11.1 Å². The number of fused-ring (bicyclic) bond motifs is 1. The van der Waals surface area contributed by atoms with Crippen LogP contribution < -0.4 is 5.32 Å². The lowest BCUT2D eigenvalue weighted by Gasteiger charge is -2.17. The number of benzene rings is 2. The number of ether oxygens (including phenoxy) is 1. The average Bonchev–Trinajstić information content (AvgIpc) is 3.39. The summed E-state index contributed by atoms with van der Waals surface area (Å²) >= 11 is 0. The van der Waals surface area contributed by atoms with Gasteiger partial charge < -0.3 is 34.8 Å². The van der Waals surface area contributed by atoms with Crippen LogP contribution in [0.5, 0.6) is 0 Å². The number of aliphatic hydroxyl groups excluding tert-OH is 3. The molecule has 1 aliphatic heterocycles. The predicted molar refractivity (Wildman–Crippen MR) is 133 cm³/mol. The number of aromatic nitrogens is 3. The molecule has 9 nitrogen and oxygen atoms in total. The predicted octanol–water partition coefficient (Wildman–Crippen LogP) is 2.51. The molecule has 35 heavy (non-hydrogen) atoms. The van der Waals surface area contributed by atoms with Gasteiger partial charge in [-0.15, -0.1) is 0 Å². The van der Waals surface area contributed by atoms with Crippen LogP contribution in [0.15, 0.2) is 67.1 Å². The summed E-state index contributed by atoms with van der Waals surface area (Å²) in [5.41, 5.74) is 4.43. The normalized spacial score (nSPS) is 22.2. The van der Waals surface area contributed by atoms with Gasteiger partial charge in [0.15, 0.2) is 6.23 Å². The highest BCUT2D eigenvalue weighted by Gasteiger charge is 2.44. The maximum absolute atomic E-state index is 10.7. The Bertz CT molecular complexity index is 1290. The van der Waals surface area contributed by atoms with Gasteiger partial charge in [0, 0.05) is 24.0 Å². The minimum atomic E-state index is -1.22. The van der Waals surface area contributed by atoms with Gasteiger partial charge in [0.2, 0.25) is 0 Å². The van der Waals surface area contributed by atoms with Gasteiger partial charge in [-0.2, -0.15) is 0 Å². The molecule has 0 bridgehead atoms. The first kappa shape index (κ1) is 23.4. The van der Waals surface area contributed by atoms with Crippen LogP contribution in [-0.4, -0.2) is 73.8 Å². The molecule has 9 heteroatoms. The Balaban J connectivity index is 1.59. The second-order valence-corrected chi connectivity index (χ2v) is 9.03. The summed E-state index contributed by atoms with van der Waals surface area (Å²) in [6.07, 6.45) is -0.912. The quantitative estimate of drug-likeness (QED) is 0.322. The van der Waals surface area contributed by atoms with Gasteiger partial charge in [-0.05, 0) is 37.4 Å². The molecule has 0 saturated carbocycles. The van der Waals surface area contributed by atoms with E-state index >= 15 is 0 Å². The van der Waals surface area contributed by atoms with E-state index in [4.69, 9.17) is 4.74 Å². The zero-order valence-electron chi connectivity index (χ0n) is 19.6. The summed E-state index contributed by atoms with van der Waals surface area (Å²) < 4.78 is 7.51. The molecular weight excluding hydrogens is 446 g/mol. The minimum absolute atomic E-state index is 0.398. The molecule has 2 aromatic heterocycles. The first-order chi connectivity index (χ1) is 17.0. The molecule has 1 aliphatic rings. The highest BCUT2D eigenvalue weighted by molar-refractivity contribution is 6.02. The lowest BCUT2D eigenvalue weighted by Crippen LogP contribution is -2.33.